The molecule has 4 nitrogen and oxygen atoms in total. The maximum atomic E-state index is 13.5. The molecule has 27 heavy (non-hydrogen) atoms. The van der Waals surface area contributed by atoms with E-state index in [0.717, 1.165) is 20.5 Å². The van der Waals surface area contributed by atoms with Crippen LogP contribution in [0.15, 0.2) is 84.9 Å². The predicted molar refractivity (Wildman–Crippen MR) is 108 cm³/mol. The average Bonchev–Trinajstić information content (AvgIpc) is 2.73. The summed E-state index contributed by atoms with van der Waals surface area (Å²) in [6.07, 6.45) is 0. The zero-order chi connectivity index (χ0) is 19.0. The third-order valence-corrected chi connectivity index (χ3v) is 11.4. The van der Waals surface area contributed by atoms with Gasteiger partial charge in [0.15, 0.2) is 0 Å². The fourth-order valence-corrected chi connectivity index (χ4v) is 8.93. The van der Waals surface area contributed by atoms with Crippen LogP contribution in [0.3, 0.4) is 0 Å². The molecule has 0 radical (unpaired) electrons. The van der Waals surface area contributed by atoms with Crippen LogP contribution in [0, 0.1) is 0 Å². The van der Waals surface area contributed by atoms with Crippen LogP contribution in [-0.2, 0) is 26.8 Å². The first-order chi connectivity index (χ1) is 13.2. The molecule has 0 saturated carbocycles. The summed E-state index contributed by atoms with van der Waals surface area (Å²) in [5.41, 5.74) is 1.95. The first-order valence-electron chi connectivity index (χ1n) is 8.47. The van der Waals surface area contributed by atoms with Crippen LogP contribution in [0.25, 0.3) is 0 Å². The van der Waals surface area contributed by atoms with Gasteiger partial charge in [0.2, 0.25) is 0 Å². The van der Waals surface area contributed by atoms with Gasteiger partial charge in [-0.05, 0) is 0 Å². The van der Waals surface area contributed by atoms with Crippen LogP contribution in [-0.4, -0.2) is 27.5 Å². The normalized spacial score (nSPS) is 11.3. The Bertz CT molecular complexity index is 822. The van der Waals surface area contributed by atoms with Crippen molar-refractivity contribution in [2.75, 3.05) is 7.11 Å². The number of methoxy groups -OCH3 is 1. The van der Waals surface area contributed by atoms with Crippen LogP contribution in [0.5, 0.6) is 5.75 Å². The van der Waals surface area contributed by atoms with Crippen molar-refractivity contribution in [3.8, 4) is 5.75 Å². The molecule has 3 aromatic carbocycles. The Balaban J connectivity index is 1.72. The first-order valence-corrected chi connectivity index (χ1v) is 14.2. The van der Waals surface area contributed by atoms with Gasteiger partial charge in [-0.1, -0.05) is 0 Å². The molecular formula is C21H21O4PTe. The van der Waals surface area contributed by atoms with Gasteiger partial charge in [-0.2, -0.15) is 0 Å². The molecule has 3 rings (SSSR count). The quantitative estimate of drug-likeness (QED) is 0.322. The first kappa shape index (κ1) is 20.1. The van der Waals surface area contributed by atoms with E-state index in [0.29, 0.717) is 0 Å². The van der Waals surface area contributed by atoms with E-state index in [1.54, 1.807) is 7.11 Å². The van der Waals surface area contributed by atoms with Crippen molar-refractivity contribution in [3.63, 3.8) is 0 Å². The molecule has 0 unspecified atom stereocenters. The third kappa shape index (κ3) is 6.50. The topological polar surface area (TPSA) is 44.8 Å². The zero-order valence-corrected chi connectivity index (χ0v) is 18.2. The molecule has 0 amide bonds. The van der Waals surface area contributed by atoms with E-state index in [-0.39, 0.29) is 13.2 Å². The van der Waals surface area contributed by atoms with Gasteiger partial charge in [-0.25, -0.2) is 0 Å². The molecule has 140 valence electrons. The number of ether oxygens (including phenoxy) is 1. The summed E-state index contributed by atoms with van der Waals surface area (Å²) in [5, 5.41) is -3.21. The Labute approximate surface area is 169 Å². The number of hydrogen-bond acceptors (Lipinski definition) is 4. The van der Waals surface area contributed by atoms with E-state index in [1.165, 1.54) is 0 Å². The molecule has 0 bridgehead atoms. The molecule has 0 N–H and O–H groups in total. The predicted octanol–water partition coefficient (Wildman–Crippen LogP) is 4.57. The van der Waals surface area contributed by atoms with Gasteiger partial charge in [0.1, 0.15) is 0 Å². The van der Waals surface area contributed by atoms with E-state index in [9.17, 15) is 4.57 Å². The Hall–Kier alpha value is -1.60. The SMILES string of the molecule is COc1ccc([Te]P(=O)(OCc2ccccc2)OCc2ccccc2)cc1. The van der Waals surface area contributed by atoms with Gasteiger partial charge in [0.05, 0.1) is 0 Å². The minimum absolute atomic E-state index is 0.272. The molecule has 0 saturated heterocycles. The summed E-state index contributed by atoms with van der Waals surface area (Å²) >= 11 is -1.20. The Kier molecular flexibility index (Phi) is 7.52. The average molecular weight is 496 g/mol. The van der Waals surface area contributed by atoms with Crippen LogP contribution in [0.4, 0.5) is 0 Å². The van der Waals surface area contributed by atoms with E-state index in [2.05, 4.69) is 0 Å². The van der Waals surface area contributed by atoms with Crippen LogP contribution >= 0.6 is 5.29 Å². The standard InChI is InChI=1S/C21H21O4PTe/c1-23-20-12-14-21(15-13-20)27-26(22,24-16-18-8-4-2-5-9-18)25-17-19-10-6-3-7-11-19/h2-15H,16-17H2,1H3. The maximum absolute atomic E-state index is 13.5. The van der Waals surface area contributed by atoms with Gasteiger partial charge in [-0.15, -0.1) is 0 Å². The Morgan fingerprint density at radius 1 is 0.741 bits per heavy atom. The summed E-state index contributed by atoms with van der Waals surface area (Å²) in [7, 11) is 1.63. The number of benzene rings is 3. The molecule has 0 aliphatic heterocycles. The number of hydrogen-bond donors (Lipinski definition) is 0. The summed E-state index contributed by atoms with van der Waals surface area (Å²) in [6, 6.07) is 27.1. The minimum atomic E-state index is -3.21. The van der Waals surface area contributed by atoms with Gasteiger partial charge in [0.25, 0.3) is 0 Å². The summed E-state index contributed by atoms with van der Waals surface area (Å²) in [4.78, 5) is 0. The molecule has 3 aromatic rings. The van der Waals surface area contributed by atoms with Crippen molar-refractivity contribution in [3.05, 3.63) is 96.1 Å². The monoisotopic (exact) mass is 498 g/mol. The van der Waals surface area contributed by atoms with Crippen molar-refractivity contribution >= 4 is 29.3 Å². The van der Waals surface area contributed by atoms with E-state index in [1.807, 2.05) is 84.9 Å². The fraction of sp³-hybridized carbons (Fsp3) is 0.143. The van der Waals surface area contributed by atoms with E-state index >= 15 is 0 Å². The van der Waals surface area contributed by atoms with Crippen molar-refractivity contribution in [1.29, 1.82) is 0 Å². The summed E-state index contributed by atoms with van der Waals surface area (Å²) in [5.74, 6) is 0.774. The molecule has 0 heterocycles. The summed E-state index contributed by atoms with van der Waals surface area (Å²) in [6.45, 7) is 0.543. The second-order valence-electron chi connectivity index (χ2n) is 5.73. The molecule has 6 heteroatoms. The Morgan fingerprint density at radius 2 is 1.22 bits per heavy atom. The van der Waals surface area contributed by atoms with Gasteiger partial charge < -0.3 is 0 Å². The van der Waals surface area contributed by atoms with E-state index < -0.39 is 25.7 Å². The summed E-state index contributed by atoms with van der Waals surface area (Å²) < 4.78 is 31.4. The molecule has 0 aliphatic rings. The van der Waals surface area contributed by atoms with Gasteiger partial charge in [0, 0.05) is 0 Å². The fourth-order valence-electron chi connectivity index (χ4n) is 2.31. The van der Waals surface area contributed by atoms with Gasteiger partial charge in [-0.3, -0.25) is 0 Å². The third-order valence-electron chi connectivity index (χ3n) is 3.74. The van der Waals surface area contributed by atoms with Crippen LogP contribution < -0.4 is 8.35 Å². The van der Waals surface area contributed by atoms with Crippen molar-refractivity contribution in [2.24, 2.45) is 0 Å². The van der Waals surface area contributed by atoms with E-state index in [4.69, 9.17) is 13.8 Å². The van der Waals surface area contributed by atoms with Crippen LogP contribution in [0.2, 0.25) is 0 Å². The Morgan fingerprint density at radius 3 is 1.67 bits per heavy atom. The molecular weight excluding hydrogens is 475 g/mol. The molecule has 0 fully saturated rings. The second-order valence-corrected chi connectivity index (χ2v) is 14.1. The molecule has 0 spiro atoms. The molecule has 0 atom stereocenters. The number of rotatable bonds is 9. The second kappa shape index (κ2) is 10.1. The zero-order valence-electron chi connectivity index (χ0n) is 15.0. The van der Waals surface area contributed by atoms with Gasteiger partial charge >= 0.3 is 170 Å². The van der Waals surface area contributed by atoms with Crippen LogP contribution in [0.1, 0.15) is 11.1 Å². The molecule has 0 aliphatic carbocycles. The van der Waals surface area contributed by atoms with Crippen molar-refractivity contribution < 1.29 is 18.3 Å². The molecule has 0 aromatic heterocycles. The van der Waals surface area contributed by atoms with Crippen molar-refractivity contribution in [1.82, 2.24) is 0 Å². The van der Waals surface area contributed by atoms with Crippen molar-refractivity contribution in [2.45, 2.75) is 13.2 Å².